The minimum atomic E-state index is 0.144. The van der Waals surface area contributed by atoms with Gasteiger partial charge in [-0.2, -0.15) is 0 Å². The molecule has 0 amide bonds. The van der Waals surface area contributed by atoms with E-state index >= 15 is 0 Å². The van der Waals surface area contributed by atoms with Gasteiger partial charge in [-0.1, -0.05) is 0 Å². The van der Waals surface area contributed by atoms with Crippen LogP contribution in [0, 0.1) is 0 Å². The fraction of sp³-hybridized carbons (Fsp3) is 1.00. The summed E-state index contributed by atoms with van der Waals surface area (Å²) >= 11 is 0. The molecule has 0 aromatic rings. The lowest BCUT2D eigenvalue weighted by Crippen LogP contribution is -2.34. The molecule has 0 rings (SSSR count). The van der Waals surface area contributed by atoms with Crippen molar-refractivity contribution in [1.82, 2.24) is 0 Å². The third-order valence-electron chi connectivity index (χ3n) is 1.47. The van der Waals surface area contributed by atoms with E-state index in [1.54, 1.807) is 7.11 Å². The molecule has 0 atom stereocenters. The van der Waals surface area contributed by atoms with Crippen molar-refractivity contribution in [2.24, 2.45) is 0 Å². The van der Waals surface area contributed by atoms with Crippen LogP contribution in [0.15, 0.2) is 0 Å². The van der Waals surface area contributed by atoms with Crippen LogP contribution in [0.1, 0.15) is 27.7 Å². The van der Waals surface area contributed by atoms with Gasteiger partial charge in [-0.3, -0.25) is 0 Å². The van der Waals surface area contributed by atoms with E-state index in [9.17, 15) is 0 Å². The van der Waals surface area contributed by atoms with E-state index in [4.69, 9.17) is 4.74 Å². The predicted molar refractivity (Wildman–Crippen MR) is 43.3 cm³/mol. The summed E-state index contributed by atoms with van der Waals surface area (Å²) in [6, 6.07) is 0. The van der Waals surface area contributed by atoms with E-state index in [-0.39, 0.29) is 5.60 Å². The third-order valence-corrected chi connectivity index (χ3v) is 1.47. The van der Waals surface area contributed by atoms with Crippen molar-refractivity contribution in [2.45, 2.75) is 33.3 Å². The highest BCUT2D eigenvalue weighted by Gasteiger charge is 2.24. The molecule has 2 heteroatoms. The van der Waals surface area contributed by atoms with Gasteiger partial charge in [0.05, 0.1) is 0 Å². The minimum absolute atomic E-state index is 0.144. The number of rotatable bonds is 3. The van der Waals surface area contributed by atoms with Gasteiger partial charge in [0.25, 0.3) is 6.79 Å². The Morgan fingerprint density at radius 2 is 1.80 bits per heavy atom. The molecular weight excluding hydrogens is 128 g/mol. The fourth-order valence-corrected chi connectivity index (χ4v) is 0.835. The second kappa shape index (κ2) is 3.94. The molecule has 0 saturated heterocycles. The zero-order valence-electron chi connectivity index (χ0n) is 7.73. The molecule has 0 aliphatic carbocycles. The van der Waals surface area contributed by atoms with Gasteiger partial charge in [0.1, 0.15) is 6.61 Å². The van der Waals surface area contributed by atoms with Crippen LogP contribution in [0.25, 0.3) is 0 Å². The number of hydrogen-bond donors (Lipinski definition) is 0. The molecule has 10 heavy (non-hydrogen) atoms. The summed E-state index contributed by atoms with van der Waals surface area (Å²) in [6.07, 6.45) is 0. The van der Waals surface area contributed by atoms with Gasteiger partial charge in [-0.25, -0.2) is 0 Å². The van der Waals surface area contributed by atoms with E-state index in [1.165, 1.54) is 0 Å². The first-order chi connectivity index (χ1) is 4.52. The van der Waals surface area contributed by atoms with Gasteiger partial charge in [0.15, 0.2) is 5.60 Å². The van der Waals surface area contributed by atoms with Crippen molar-refractivity contribution in [3.63, 3.8) is 0 Å². The van der Waals surface area contributed by atoms with Gasteiger partial charge in [0.2, 0.25) is 0 Å². The second-order valence-electron chi connectivity index (χ2n) is 3.30. The SMILES string of the molecule is CC[O+](COC)C(C)(C)C. The zero-order chi connectivity index (χ0) is 8.20. The van der Waals surface area contributed by atoms with Crippen molar-refractivity contribution in [1.29, 1.82) is 0 Å². The molecular formula is C8H19O2+. The van der Waals surface area contributed by atoms with Crippen LogP contribution < -0.4 is 0 Å². The van der Waals surface area contributed by atoms with E-state index in [0.717, 1.165) is 6.61 Å². The van der Waals surface area contributed by atoms with Crippen molar-refractivity contribution < 1.29 is 9.10 Å². The highest BCUT2D eigenvalue weighted by molar-refractivity contribution is 4.62. The maximum absolute atomic E-state index is 5.01. The maximum Gasteiger partial charge on any atom is 0.255 e. The molecule has 0 heterocycles. The van der Waals surface area contributed by atoms with Crippen LogP contribution in [0.2, 0.25) is 0 Å². The summed E-state index contributed by atoms with van der Waals surface area (Å²) in [5, 5.41) is 0. The van der Waals surface area contributed by atoms with E-state index in [2.05, 4.69) is 32.1 Å². The molecule has 2 nitrogen and oxygen atoms in total. The summed E-state index contributed by atoms with van der Waals surface area (Å²) in [5.74, 6) is 0. The molecule has 0 spiro atoms. The van der Waals surface area contributed by atoms with Crippen LogP contribution in [-0.4, -0.2) is 26.1 Å². The Morgan fingerprint density at radius 1 is 1.30 bits per heavy atom. The normalized spacial score (nSPS) is 12.6. The summed E-state index contributed by atoms with van der Waals surface area (Å²) in [5.41, 5.74) is 0.144. The molecule has 0 aliphatic heterocycles. The molecule has 0 N–H and O–H groups in total. The maximum atomic E-state index is 5.01. The Balaban J connectivity index is 3.81. The quantitative estimate of drug-likeness (QED) is 0.439. The smallest absolute Gasteiger partial charge is 0.255 e. The summed E-state index contributed by atoms with van der Waals surface area (Å²) in [6.45, 7) is 10.2. The monoisotopic (exact) mass is 147 g/mol. The van der Waals surface area contributed by atoms with Crippen molar-refractivity contribution in [3.8, 4) is 0 Å². The van der Waals surface area contributed by atoms with Gasteiger partial charge < -0.3 is 9.10 Å². The first-order valence-corrected chi connectivity index (χ1v) is 3.69. The van der Waals surface area contributed by atoms with Crippen molar-refractivity contribution >= 4 is 0 Å². The lowest BCUT2D eigenvalue weighted by atomic mass is 10.2. The first-order valence-electron chi connectivity index (χ1n) is 3.69. The van der Waals surface area contributed by atoms with E-state index < -0.39 is 0 Å². The number of hydrogen-bond acceptors (Lipinski definition) is 1. The molecule has 0 unspecified atom stereocenters. The molecule has 0 saturated carbocycles. The molecule has 0 fully saturated rings. The van der Waals surface area contributed by atoms with Gasteiger partial charge >= 0.3 is 0 Å². The van der Waals surface area contributed by atoms with Crippen LogP contribution >= 0.6 is 0 Å². The topological polar surface area (TPSA) is 11.9 Å². The Labute approximate surface area is 63.8 Å². The van der Waals surface area contributed by atoms with Crippen molar-refractivity contribution in [2.75, 3.05) is 20.5 Å². The molecule has 62 valence electrons. The second-order valence-corrected chi connectivity index (χ2v) is 3.30. The zero-order valence-corrected chi connectivity index (χ0v) is 7.73. The Hall–Kier alpha value is -0.0800. The molecule has 0 aliphatic rings. The summed E-state index contributed by atoms with van der Waals surface area (Å²) in [4.78, 5) is 0. The highest BCUT2D eigenvalue weighted by Crippen LogP contribution is 2.16. The molecule has 0 radical (unpaired) electrons. The Bertz CT molecular complexity index is 83.7. The number of ether oxygens (including phenoxy) is 1. The lowest BCUT2D eigenvalue weighted by Gasteiger charge is -2.29. The average molecular weight is 147 g/mol. The lowest BCUT2D eigenvalue weighted by molar-refractivity contribution is -0.284. The Morgan fingerprint density at radius 3 is 1.90 bits per heavy atom. The summed E-state index contributed by atoms with van der Waals surface area (Å²) in [7, 11) is 1.71. The third kappa shape index (κ3) is 3.18. The minimum Gasteiger partial charge on any atom is -0.397 e. The predicted octanol–water partition coefficient (Wildman–Crippen LogP) is 1.96. The van der Waals surface area contributed by atoms with Crippen molar-refractivity contribution in [3.05, 3.63) is 0 Å². The fourth-order valence-electron chi connectivity index (χ4n) is 0.835. The van der Waals surface area contributed by atoms with Gasteiger partial charge in [-0.15, -0.1) is 0 Å². The summed E-state index contributed by atoms with van der Waals surface area (Å²) < 4.78 is 8.07. The standard InChI is InChI=1S/C8H19O2/c1-6-10(7-9-5)8(2,3)4/h6-7H2,1-5H3/q+1. The van der Waals surface area contributed by atoms with Gasteiger partial charge in [-0.05, 0) is 0 Å². The molecule has 0 bridgehead atoms. The molecule has 0 aromatic carbocycles. The molecule has 0 aromatic heterocycles. The van der Waals surface area contributed by atoms with Gasteiger partial charge in [0, 0.05) is 34.8 Å². The highest BCUT2D eigenvalue weighted by atomic mass is 16.8. The van der Waals surface area contributed by atoms with Crippen LogP contribution in [0.5, 0.6) is 0 Å². The van der Waals surface area contributed by atoms with E-state index in [0.29, 0.717) is 6.79 Å². The number of methoxy groups -OCH3 is 1. The van der Waals surface area contributed by atoms with E-state index in [1.807, 2.05) is 0 Å². The van der Waals surface area contributed by atoms with Crippen LogP contribution in [0.4, 0.5) is 0 Å². The largest absolute Gasteiger partial charge is 0.397 e. The van der Waals surface area contributed by atoms with Crippen LogP contribution in [-0.2, 0) is 9.10 Å². The first kappa shape index (κ1) is 9.92. The van der Waals surface area contributed by atoms with Crippen LogP contribution in [0.3, 0.4) is 0 Å². The average Bonchev–Trinajstić information content (AvgIpc) is 1.80. The Kier molecular flexibility index (Phi) is 3.91.